The standard InChI is InChI=1S/C23H24N6O2S.C20H21N5O2S.2C17H20N6.2CH4.44H2/c1-3-17-15-28(12-7-11-24)16-21(17)27-22-19-10-13-29(23(19)26-14-20(22)25-2)32(30,31)18-8-5-4-6-9-18;1-3-14-11-22-12-17(14)24-19-16-9-10-25(20(16)23-13-18(19)21-2)28(26,27)15-7-5-4-6-8-15;2*1-3-12-10-23(8-4-6-18)11-15(12)22-16-13-5-7-20-17(13)21-9-14(16)19-2;;;;;;;;;;;;;;;;;;;;;;;;;;;;;;;;;;;;;;;;;;;;;;/h4-6,8-10,13-14,17,21H,3,7,12,15-16H2,1H3,(H,26,27);4-10,13-14,17,22H,3,11-12H2,1H3,(H,23,24);2*5,7,9,12,15H,3-4,8,10-11H2,1H3,(H2,20,21,22);2*1H4;44*1H/t17-,21+;14-,17+;2*12-,15+;;;;;;;;;;;;;;;;;;;;;;;;;;;;;;;;;;;;;;;;;;;;;;/m1111............................................../s1. The van der Waals surface area contributed by atoms with E-state index in [0.717, 1.165) is 131 Å². The van der Waals surface area contributed by atoms with Gasteiger partial charge in [0.1, 0.15) is 11.3 Å². The van der Waals surface area contributed by atoms with Crippen molar-refractivity contribution in [1.82, 2.24) is 57.9 Å². The number of H-pyrrole nitrogens is 2. The lowest BCUT2D eigenvalue weighted by Crippen LogP contribution is -2.29. The quantitative estimate of drug-likeness (QED) is 0.0310. The Hall–Kier alpha value is -11.4. The van der Waals surface area contributed by atoms with Crippen LogP contribution in [0.5, 0.6) is 0 Å². The normalized spacial score (nSPS) is 19.7. The van der Waals surface area contributed by atoms with Crippen molar-refractivity contribution in [2.75, 3.05) is 93.3 Å². The van der Waals surface area contributed by atoms with Crippen molar-refractivity contribution in [3.05, 3.63) is 180 Å². The second kappa shape index (κ2) is 37.2. The molecule has 14 rings (SSSR count). The van der Waals surface area contributed by atoms with Gasteiger partial charge in [-0.1, -0.05) is 105 Å². The van der Waals surface area contributed by atoms with E-state index in [0.29, 0.717) is 106 Å². The molecule has 8 aromatic heterocycles. The molecule has 4 aliphatic heterocycles. The number of rotatable bonds is 22. The third-order valence-electron chi connectivity index (χ3n) is 20.5. The maximum atomic E-state index is 13.2. The van der Waals surface area contributed by atoms with Crippen LogP contribution in [0.4, 0.5) is 45.5 Å². The first-order valence-electron chi connectivity index (χ1n) is 35.7. The van der Waals surface area contributed by atoms with Gasteiger partial charge in [0.25, 0.3) is 20.0 Å². The molecule has 0 radical (unpaired) electrons. The Labute approximate surface area is 698 Å². The third-order valence-corrected chi connectivity index (χ3v) is 23.8. The third kappa shape index (κ3) is 17.7. The molecule has 7 N–H and O–H groups in total. The van der Waals surface area contributed by atoms with Crippen LogP contribution in [0.15, 0.2) is 144 Å². The van der Waals surface area contributed by atoms with Gasteiger partial charge in [-0.05, 0) is 72.2 Å². The Morgan fingerprint density at radius 2 is 0.787 bits per heavy atom. The van der Waals surface area contributed by atoms with Crippen molar-refractivity contribution in [3.63, 3.8) is 0 Å². The number of aromatic nitrogens is 8. The molecule has 648 valence electrons. The summed E-state index contributed by atoms with van der Waals surface area (Å²) in [6.45, 7) is 48.1. The highest BCUT2D eigenvalue weighted by Crippen LogP contribution is 2.41. The summed E-state index contributed by atoms with van der Waals surface area (Å²) < 4.78 is 54.8. The Kier molecular flexibility index (Phi) is 27.8. The molecule has 0 saturated carbocycles. The molecular weight excluding hydrogens is 1400 g/mol. The molecule has 108 heavy (non-hydrogen) atoms. The van der Waals surface area contributed by atoms with Crippen LogP contribution in [0.2, 0.25) is 0 Å². The van der Waals surface area contributed by atoms with Gasteiger partial charge < -0.3 is 36.6 Å². The molecule has 8 atom stereocenters. The fraction of sp³-hybridized carbons (Fsp3) is 0.405. The van der Waals surface area contributed by atoms with Gasteiger partial charge in [-0.3, -0.25) is 24.7 Å². The molecule has 27 nitrogen and oxygen atoms in total. The van der Waals surface area contributed by atoms with Crippen LogP contribution in [-0.4, -0.2) is 166 Å². The number of hydrogen-bond donors (Lipinski definition) is 7. The summed E-state index contributed by atoms with van der Waals surface area (Å²) in [6.07, 6.45) is 18.6. The zero-order valence-corrected chi connectivity index (χ0v) is 61.3. The largest absolute Gasteiger partial charge is 0.389 e. The summed E-state index contributed by atoms with van der Waals surface area (Å²) in [7, 11) is -7.57. The van der Waals surface area contributed by atoms with Gasteiger partial charge in [-0.25, -0.2) is 54.1 Å². The molecular formula is C79H181N23O4S2. The number of nitrogens with zero attached hydrogens (tertiary/aromatic N) is 16. The van der Waals surface area contributed by atoms with E-state index in [1.54, 1.807) is 85.2 Å². The van der Waals surface area contributed by atoms with Gasteiger partial charge >= 0.3 is 0 Å². The first kappa shape index (κ1) is 80.7. The number of aromatic amines is 2. The predicted octanol–water partition coefficient (Wildman–Crippen LogP) is 25.5. The van der Waals surface area contributed by atoms with Crippen LogP contribution in [-0.2, 0) is 20.0 Å². The maximum Gasteiger partial charge on any atom is 0.269 e. The Bertz CT molecular complexity index is 5280. The number of likely N-dealkylation sites (tertiary alicyclic amines) is 3. The van der Waals surface area contributed by atoms with Gasteiger partial charge in [0.15, 0.2) is 11.3 Å². The molecule has 4 aliphatic rings. The van der Waals surface area contributed by atoms with Crippen LogP contribution < -0.4 is 26.6 Å². The highest BCUT2D eigenvalue weighted by Gasteiger charge is 2.36. The van der Waals surface area contributed by atoms with Crippen molar-refractivity contribution >= 4 is 110 Å². The van der Waals surface area contributed by atoms with Gasteiger partial charge in [0.05, 0.1) is 77.0 Å². The van der Waals surface area contributed by atoms with Gasteiger partial charge in [-0.15, -0.1) is 0 Å². The Morgan fingerprint density at radius 1 is 0.454 bits per heavy atom. The van der Waals surface area contributed by atoms with E-state index in [-0.39, 0.29) is 105 Å². The molecule has 29 heteroatoms. The fourth-order valence-electron chi connectivity index (χ4n) is 14.7. The van der Waals surface area contributed by atoms with Crippen molar-refractivity contribution in [3.8, 4) is 18.2 Å². The predicted molar refractivity (Wildman–Crippen MR) is 519 cm³/mol. The Balaban J connectivity index is -0.0000000317. The lowest BCUT2D eigenvalue weighted by molar-refractivity contribution is 0.330. The molecule has 0 spiro atoms. The Morgan fingerprint density at radius 3 is 1.12 bits per heavy atom. The number of nitriles is 3. The second-order valence-corrected chi connectivity index (χ2v) is 30.3. The first-order chi connectivity index (χ1) is 51.6. The highest BCUT2D eigenvalue weighted by atomic mass is 32.2. The maximum absolute atomic E-state index is 13.2. The zero-order valence-electron chi connectivity index (χ0n) is 59.7. The summed E-state index contributed by atoms with van der Waals surface area (Å²) in [5.41, 5.74) is 7.07. The number of pyridine rings is 4. The highest BCUT2D eigenvalue weighted by molar-refractivity contribution is 7.90. The summed E-state index contributed by atoms with van der Waals surface area (Å²) in [6, 6.07) is 31.3. The molecule has 0 amide bonds. The van der Waals surface area contributed by atoms with E-state index in [9.17, 15) is 16.8 Å². The van der Waals surface area contributed by atoms with E-state index < -0.39 is 20.0 Å². The number of fused-ring (bicyclic) bond motifs is 4. The van der Waals surface area contributed by atoms with E-state index in [2.05, 4.69) is 136 Å². The molecule has 4 saturated heterocycles. The van der Waals surface area contributed by atoms with Gasteiger partial charge in [0, 0.05) is 249 Å². The fourth-order valence-corrected chi connectivity index (χ4v) is 17.3. The molecule has 12 heterocycles. The first-order valence-corrected chi connectivity index (χ1v) is 38.5. The summed E-state index contributed by atoms with van der Waals surface area (Å²) in [4.78, 5) is 45.1. The SMILES string of the molecule is C.C.[C-]#[N+]c1cnc2[nH]ccc2c1N[C@H]1CN(CCC#N)C[C@H]1CC.[C-]#[N+]c1cnc2[nH]ccc2c1N[C@H]1CN(CCC#N)C[C@H]1CC.[C-]#[N+]c1cnc2c(ccn2S(=O)(=O)c2ccccc2)c1N[C@H]1CN(CCC#N)C[C@H]1CC.[C-]#[N+]c1cnc2c(ccn2S(=O)(=O)c2ccccc2)c1N[C@H]1CNC[C@H]1CC.[HH].[HH].[HH].[HH].[HH].[HH].[HH].[HH].[HH].[HH].[HH].[HH].[HH].[HH].[HH].[HH].[HH].[HH].[HH].[HH].[HH].[HH].[HH].[HH].[HH].[HH].[HH].[HH].[HH].[HH].[HH].[HH].[HH].[HH].[HH].[HH].[HH].[HH].[HH].[HH].[HH].[HH].[HH].[HH]. The van der Waals surface area contributed by atoms with E-state index in [4.69, 9.17) is 42.1 Å². The minimum atomic E-state index is -3.81. The van der Waals surface area contributed by atoms with Crippen LogP contribution in [0.3, 0.4) is 0 Å². The zero-order chi connectivity index (χ0) is 74.9. The second-order valence-electron chi connectivity index (χ2n) is 26.7. The number of nitrogens with one attached hydrogen (secondary N) is 7. The molecule has 0 bridgehead atoms. The molecule has 4 fully saturated rings. The molecule has 10 aromatic rings. The average Bonchev–Trinajstić information content (AvgIpc) is 1.61. The van der Waals surface area contributed by atoms with Crippen molar-refractivity contribution in [2.24, 2.45) is 23.7 Å². The van der Waals surface area contributed by atoms with Crippen molar-refractivity contribution in [1.29, 1.82) is 15.8 Å². The van der Waals surface area contributed by atoms with E-state index in [1.807, 2.05) is 24.5 Å². The van der Waals surface area contributed by atoms with Crippen LogP contribution in [0.25, 0.3) is 63.5 Å². The van der Waals surface area contributed by atoms with Crippen molar-refractivity contribution < 1.29 is 79.6 Å². The molecule has 0 aliphatic carbocycles. The summed E-state index contributed by atoms with van der Waals surface area (Å²) in [5.74, 6) is 1.87. The average molecular weight is 1580 g/mol. The van der Waals surface area contributed by atoms with Crippen LogP contribution >= 0.6 is 0 Å². The molecule has 0 unspecified atom stereocenters. The van der Waals surface area contributed by atoms with E-state index in [1.165, 1.54) is 32.7 Å². The monoisotopic (exact) mass is 1580 g/mol. The lowest BCUT2D eigenvalue weighted by Gasteiger charge is -2.21. The van der Waals surface area contributed by atoms with Crippen LogP contribution in [0, 0.1) is 84.0 Å². The number of benzene rings is 2. The van der Waals surface area contributed by atoms with Gasteiger partial charge in [0.2, 0.25) is 22.7 Å². The van der Waals surface area contributed by atoms with Crippen LogP contribution in [0.1, 0.15) is 150 Å². The van der Waals surface area contributed by atoms with Crippen molar-refractivity contribution in [2.45, 2.75) is 121 Å². The smallest absolute Gasteiger partial charge is 0.269 e. The molecule has 2 aromatic carbocycles. The number of anilines is 4. The summed E-state index contributed by atoms with van der Waals surface area (Å²) >= 11 is 0. The minimum absolute atomic E-state index is 0. The summed E-state index contributed by atoms with van der Waals surface area (Å²) in [5, 5.41) is 47.2. The van der Waals surface area contributed by atoms with E-state index >= 15 is 0 Å². The topological polar surface area (TPSA) is 320 Å². The minimum Gasteiger partial charge on any atom is -0.389 e. The van der Waals surface area contributed by atoms with Gasteiger partial charge in [-0.2, -0.15) is 15.8 Å². The lowest BCUT2D eigenvalue weighted by atomic mass is 10.0. The number of hydrogen-bond acceptors (Lipinski definition) is 19.